The van der Waals surface area contributed by atoms with Crippen LogP contribution in [-0.4, -0.2) is 43.8 Å². The Hall–Kier alpha value is -0.120. The predicted octanol–water partition coefficient (Wildman–Crippen LogP) is 2.50. The number of likely N-dealkylation sites (N-methyl/N-ethyl adjacent to an activating group) is 1. The molecule has 2 atom stereocenters. The Morgan fingerprint density at radius 3 is 2.33 bits per heavy atom. The summed E-state index contributed by atoms with van der Waals surface area (Å²) in [7, 11) is 1.78. The molecule has 0 aromatic heterocycles. The average Bonchev–Trinajstić information content (AvgIpc) is 2.37. The maximum absolute atomic E-state index is 6.07. The van der Waals surface area contributed by atoms with E-state index < -0.39 is 0 Å². The minimum Gasteiger partial charge on any atom is -0.383 e. The van der Waals surface area contributed by atoms with Crippen LogP contribution >= 0.6 is 0 Å². The molecule has 108 valence electrons. The Morgan fingerprint density at radius 2 is 1.89 bits per heavy atom. The van der Waals surface area contributed by atoms with Gasteiger partial charge < -0.3 is 10.5 Å². The molecule has 0 bridgehead atoms. The quantitative estimate of drug-likeness (QED) is 0.760. The third-order valence-corrected chi connectivity index (χ3v) is 4.61. The van der Waals surface area contributed by atoms with Crippen LogP contribution in [0, 0.1) is 11.8 Å². The molecule has 2 N–H and O–H groups in total. The van der Waals surface area contributed by atoms with Gasteiger partial charge in [-0.05, 0) is 38.1 Å². The van der Waals surface area contributed by atoms with E-state index in [2.05, 4.69) is 25.7 Å². The first kappa shape index (κ1) is 15.9. The first-order chi connectivity index (χ1) is 8.63. The minimum absolute atomic E-state index is 0.466. The molecule has 0 aliphatic heterocycles. The fraction of sp³-hybridized carbons (Fsp3) is 1.00. The second-order valence-corrected chi connectivity index (χ2v) is 5.96. The summed E-state index contributed by atoms with van der Waals surface area (Å²) in [5.41, 5.74) is 6.07. The van der Waals surface area contributed by atoms with Crippen molar-refractivity contribution in [3.8, 4) is 0 Å². The van der Waals surface area contributed by atoms with Gasteiger partial charge in [0.05, 0.1) is 6.61 Å². The van der Waals surface area contributed by atoms with Gasteiger partial charge in [-0.3, -0.25) is 4.90 Å². The molecular formula is C15H32N2O. The Bertz CT molecular complexity index is 215. The number of hydrogen-bond acceptors (Lipinski definition) is 3. The van der Waals surface area contributed by atoms with E-state index in [0.717, 1.165) is 31.5 Å². The van der Waals surface area contributed by atoms with Gasteiger partial charge in [0, 0.05) is 25.7 Å². The van der Waals surface area contributed by atoms with Gasteiger partial charge in [0.2, 0.25) is 0 Å². The molecule has 18 heavy (non-hydrogen) atoms. The zero-order valence-corrected chi connectivity index (χ0v) is 12.7. The number of nitrogens with zero attached hydrogens (tertiary/aromatic N) is 1. The zero-order valence-electron chi connectivity index (χ0n) is 12.7. The molecular weight excluding hydrogens is 224 g/mol. The fourth-order valence-electron chi connectivity index (χ4n) is 3.48. The Kier molecular flexibility index (Phi) is 7.20. The minimum atomic E-state index is 0.466. The molecule has 0 spiro atoms. The molecule has 1 rings (SSSR count). The first-order valence-corrected chi connectivity index (χ1v) is 7.58. The summed E-state index contributed by atoms with van der Waals surface area (Å²) < 4.78 is 5.30. The van der Waals surface area contributed by atoms with Crippen molar-refractivity contribution in [2.24, 2.45) is 17.6 Å². The van der Waals surface area contributed by atoms with Crippen molar-refractivity contribution >= 4 is 0 Å². The molecule has 0 amide bonds. The van der Waals surface area contributed by atoms with Crippen LogP contribution in [0.5, 0.6) is 0 Å². The molecule has 1 aliphatic rings. The molecule has 3 heteroatoms. The van der Waals surface area contributed by atoms with Gasteiger partial charge in [0.25, 0.3) is 0 Å². The lowest BCUT2D eigenvalue weighted by Gasteiger charge is -2.41. The third kappa shape index (κ3) is 4.22. The van der Waals surface area contributed by atoms with Gasteiger partial charge in [-0.15, -0.1) is 0 Å². The normalized spacial score (nSPS) is 28.3. The van der Waals surface area contributed by atoms with Crippen LogP contribution in [0.1, 0.15) is 46.5 Å². The van der Waals surface area contributed by atoms with Crippen molar-refractivity contribution in [2.75, 3.05) is 26.8 Å². The molecule has 0 saturated heterocycles. The van der Waals surface area contributed by atoms with Gasteiger partial charge in [-0.2, -0.15) is 0 Å². The van der Waals surface area contributed by atoms with Crippen molar-refractivity contribution in [2.45, 2.75) is 58.5 Å². The van der Waals surface area contributed by atoms with E-state index >= 15 is 0 Å². The molecule has 0 aromatic rings. The molecule has 0 aromatic carbocycles. The average molecular weight is 256 g/mol. The van der Waals surface area contributed by atoms with Crippen molar-refractivity contribution in [1.82, 2.24) is 4.90 Å². The summed E-state index contributed by atoms with van der Waals surface area (Å²) in [6, 6.07) is 1.00. The van der Waals surface area contributed by atoms with Gasteiger partial charge >= 0.3 is 0 Å². The van der Waals surface area contributed by atoms with Gasteiger partial charge in [0.1, 0.15) is 0 Å². The maximum atomic E-state index is 6.07. The molecule has 2 unspecified atom stereocenters. The van der Waals surface area contributed by atoms with Gasteiger partial charge in [-0.1, -0.05) is 26.7 Å². The van der Waals surface area contributed by atoms with Crippen LogP contribution in [0.3, 0.4) is 0 Å². The lowest BCUT2D eigenvalue weighted by Crippen LogP contribution is -2.51. The van der Waals surface area contributed by atoms with Crippen LogP contribution in [0.4, 0.5) is 0 Å². The highest BCUT2D eigenvalue weighted by atomic mass is 16.5. The van der Waals surface area contributed by atoms with E-state index in [1.807, 2.05) is 0 Å². The molecule has 1 aliphatic carbocycles. The number of rotatable bonds is 7. The SMILES string of the molecule is CCN(C(C)COC)C(CN)C1CCC(C)CC1. The van der Waals surface area contributed by atoms with Crippen LogP contribution in [0.25, 0.3) is 0 Å². The van der Waals surface area contributed by atoms with E-state index in [-0.39, 0.29) is 0 Å². The second kappa shape index (κ2) is 8.13. The Labute approximate surface area is 113 Å². The molecule has 3 nitrogen and oxygen atoms in total. The van der Waals surface area contributed by atoms with E-state index in [4.69, 9.17) is 10.5 Å². The summed E-state index contributed by atoms with van der Waals surface area (Å²) in [5.74, 6) is 1.69. The molecule has 1 saturated carbocycles. The Balaban J connectivity index is 2.61. The lowest BCUT2D eigenvalue weighted by molar-refractivity contribution is 0.0418. The van der Waals surface area contributed by atoms with Crippen LogP contribution in [0.15, 0.2) is 0 Å². The number of nitrogens with two attached hydrogens (primary N) is 1. The summed E-state index contributed by atoms with van der Waals surface area (Å²) >= 11 is 0. The summed E-state index contributed by atoms with van der Waals surface area (Å²) in [5, 5.41) is 0. The summed E-state index contributed by atoms with van der Waals surface area (Å²) in [6.45, 7) is 9.51. The predicted molar refractivity (Wildman–Crippen MR) is 77.7 cm³/mol. The maximum Gasteiger partial charge on any atom is 0.0615 e. The van der Waals surface area contributed by atoms with Crippen molar-refractivity contribution in [1.29, 1.82) is 0 Å². The van der Waals surface area contributed by atoms with Gasteiger partial charge in [-0.25, -0.2) is 0 Å². The fourth-order valence-corrected chi connectivity index (χ4v) is 3.48. The highest BCUT2D eigenvalue weighted by Gasteiger charge is 2.30. The summed E-state index contributed by atoms with van der Waals surface area (Å²) in [6.07, 6.45) is 5.44. The number of hydrogen-bond donors (Lipinski definition) is 1. The van der Waals surface area contributed by atoms with Crippen LogP contribution in [0.2, 0.25) is 0 Å². The zero-order chi connectivity index (χ0) is 13.5. The van der Waals surface area contributed by atoms with Crippen LogP contribution < -0.4 is 5.73 Å². The number of methoxy groups -OCH3 is 1. The third-order valence-electron chi connectivity index (χ3n) is 4.61. The van der Waals surface area contributed by atoms with E-state index in [1.165, 1.54) is 25.7 Å². The molecule has 0 radical (unpaired) electrons. The van der Waals surface area contributed by atoms with E-state index in [9.17, 15) is 0 Å². The van der Waals surface area contributed by atoms with Gasteiger partial charge in [0.15, 0.2) is 0 Å². The topological polar surface area (TPSA) is 38.5 Å². The van der Waals surface area contributed by atoms with Crippen molar-refractivity contribution in [3.63, 3.8) is 0 Å². The smallest absolute Gasteiger partial charge is 0.0615 e. The highest BCUT2D eigenvalue weighted by Crippen LogP contribution is 2.32. The monoisotopic (exact) mass is 256 g/mol. The number of ether oxygens (including phenoxy) is 1. The largest absolute Gasteiger partial charge is 0.383 e. The highest BCUT2D eigenvalue weighted by molar-refractivity contribution is 4.85. The van der Waals surface area contributed by atoms with E-state index in [1.54, 1.807) is 7.11 Å². The van der Waals surface area contributed by atoms with E-state index in [0.29, 0.717) is 12.1 Å². The van der Waals surface area contributed by atoms with Crippen molar-refractivity contribution in [3.05, 3.63) is 0 Å². The second-order valence-electron chi connectivity index (χ2n) is 5.96. The summed E-state index contributed by atoms with van der Waals surface area (Å²) in [4.78, 5) is 2.55. The lowest BCUT2D eigenvalue weighted by atomic mass is 9.78. The molecule has 1 fully saturated rings. The van der Waals surface area contributed by atoms with Crippen molar-refractivity contribution < 1.29 is 4.74 Å². The van der Waals surface area contributed by atoms with Crippen LogP contribution in [-0.2, 0) is 4.74 Å². The molecule has 0 heterocycles. The standard InChI is InChI=1S/C15H32N2O/c1-5-17(13(3)11-18-4)15(10-16)14-8-6-12(2)7-9-14/h12-15H,5-11,16H2,1-4H3. The Morgan fingerprint density at radius 1 is 1.28 bits per heavy atom. The first-order valence-electron chi connectivity index (χ1n) is 7.58.